The quantitative estimate of drug-likeness (QED) is 0.655. The van der Waals surface area contributed by atoms with Crippen molar-refractivity contribution in [2.24, 2.45) is 5.92 Å². The molecule has 0 spiro atoms. The van der Waals surface area contributed by atoms with Crippen LogP contribution in [0.25, 0.3) is 0 Å². The van der Waals surface area contributed by atoms with Gasteiger partial charge in [-0.25, -0.2) is 0 Å². The molecule has 0 fully saturated rings. The van der Waals surface area contributed by atoms with Gasteiger partial charge < -0.3 is 0 Å². The maximum atomic E-state index is 11.6. The molecule has 0 N–H and O–H groups in total. The van der Waals surface area contributed by atoms with Gasteiger partial charge in [-0.1, -0.05) is 26.7 Å². The minimum Gasteiger partial charge on any atom is -0.294 e. The van der Waals surface area contributed by atoms with Crippen molar-refractivity contribution in [3.8, 4) is 0 Å². The summed E-state index contributed by atoms with van der Waals surface area (Å²) < 4.78 is 0. The Balaban J connectivity index is 2.42. The van der Waals surface area contributed by atoms with E-state index in [0.29, 0.717) is 18.1 Å². The van der Waals surface area contributed by atoms with Gasteiger partial charge in [-0.05, 0) is 17.4 Å². The van der Waals surface area contributed by atoms with Crippen molar-refractivity contribution in [3.63, 3.8) is 0 Å². The van der Waals surface area contributed by atoms with E-state index >= 15 is 0 Å². The van der Waals surface area contributed by atoms with Gasteiger partial charge >= 0.3 is 0 Å². The Kier molecular flexibility index (Phi) is 4.16. The normalized spacial score (nSPS) is 12.8. The van der Waals surface area contributed by atoms with Crippen LogP contribution in [0.4, 0.5) is 0 Å². The van der Waals surface area contributed by atoms with Gasteiger partial charge in [0.25, 0.3) is 0 Å². The van der Waals surface area contributed by atoms with Crippen LogP contribution >= 0.6 is 11.3 Å². The molecule has 2 heteroatoms. The van der Waals surface area contributed by atoms with Gasteiger partial charge in [0.05, 0.1) is 0 Å². The van der Waals surface area contributed by atoms with E-state index in [2.05, 4.69) is 13.8 Å². The SMILES string of the molecule is CCCC(C)CC(=O)c1ccsc1. The molecule has 1 aromatic rings. The van der Waals surface area contributed by atoms with Gasteiger partial charge in [0.1, 0.15) is 0 Å². The van der Waals surface area contributed by atoms with E-state index in [1.54, 1.807) is 11.3 Å². The Labute approximate surface area is 83.8 Å². The first-order chi connectivity index (χ1) is 6.24. The van der Waals surface area contributed by atoms with Crippen molar-refractivity contribution in [2.75, 3.05) is 0 Å². The fraction of sp³-hybridized carbons (Fsp3) is 0.545. The third-order valence-corrected chi connectivity index (χ3v) is 2.84. The van der Waals surface area contributed by atoms with Gasteiger partial charge in [-0.2, -0.15) is 11.3 Å². The van der Waals surface area contributed by atoms with Gasteiger partial charge in [0.15, 0.2) is 5.78 Å². The number of ketones is 1. The van der Waals surface area contributed by atoms with Crippen LogP contribution in [0.5, 0.6) is 0 Å². The fourth-order valence-corrected chi connectivity index (χ4v) is 2.11. The van der Waals surface area contributed by atoms with Gasteiger partial charge in [-0.15, -0.1) is 0 Å². The molecule has 1 nitrogen and oxygen atoms in total. The number of carbonyl (C=O) groups is 1. The molecule has 0 saturated carbocycles. The average Bonchev–Trinajstić information content (AvgIpc) is 2.55. The highest BCUT2D eigenvalue weighted by Crippen LogP contribution is 2.15. The lowest BCUT2D eigenvalue weighted by Gasteiger charge is -2.07. The third kappa shape index (κ3) is 3.31. The van der Waals surface area contributed by atoms with E-state index in [1.807, 2.05) is 16.8 Å². The first kappa shape index (κ1) is 10.5. The van der Waals surface area contributed by atoms with E-state index in [4.69, 9.17) is 0 Å². The smallest absolute Gasteiger partial charge is 0.163 e. The molecule has 0 aliphatic rings. The maximum absolute atomic E-state index is 11.6. The molecular formula is C11H16OS. The van der Waals surface area contributed by atoms with Gasteiger partial charge in [0.2, 0.25) is 0 Å². The standard InChI is InChI=1S/C11H16OS/c1-3-4-9(2)7-11(12)10-5-6-13-8-10/h5-6,8-9H,3-4,7H2,1-2H3. The number of Topliss-reactive ketones (excluding diaryl/α,β-unsaturated/α-hetero) is 1. The molecular weight excluding hydrogens is 180 g/mol. The van der Waals surface area contributed by atoms with E-state index in [1.165, 1.54) is 0 Å². The lowest BCUT2D eigenvalue weighted by Crippen LogP contribution is -2.04. The van der Waals surface area contributed by atoms with Crippen LogP contribution in [0.1, 0.15) is 43.5 Å². The highest BCUT2D eigenvalue weighted by atomic mass is 32.1. The van der Waals surface area contributed by atoms with Crippen molar-refractivity contribution in [2.45, 2.75) is 33.1 Å². The number of rotatable bonds is 5. The number of carbonyl (C=O) groups excluding carboxylic acids is 1. The molecule has 0 radical (unpaired) electrons. The first-order valence-corrected chi connectivity index (χ1v) is 5.73. The Morgan fingerprint density at radius 1 is 1.62 bits per heavy atom. The van der Waals surface area contributed by atoms with Crippen LogP contribution in [0.3, 0.4) is 0 Å². The molecule has 0 aliphatic carbocycles. The van der Waals surface area contributed by atoms with Crippen molar-refractivity contribution < 1.29 is 4.79 Å². The summed E-state index contributed by atoms with van der Waals surface area (Å²) in [6, 6.07) is 1.91. The van der Waals surface area contributed by atoms with E-state index < -0.39 is 0 Å². The fourth-order valence-electron chi connectivity index (χ4n) is 1.45. The average molecular weight is 196 g/mol. The summed E-state index contributed by atoms with van der Waals surface area (Å²) in [5.74, 6) is 0.819. The highest BCUT2D eigenvalue weighted by Gasteiger charge is 2.10. The Hall–Kier alpha value is -0.630. The molecule has 72 valence electrons. The van der Waals surface area contributed by atoms with Gasteiger partial charge in [0, 0.05) is 17.4 Å². The number of hydrogen-bond acceptors (Lipinski definition) is 2. The zero-order valence-electron chi connectivity index (χ0n) is 8.25. The van der Waals surface area contributed by atoms with Gasteiger partial charge in [-0.3, -0.25) is 4.79 Å². The van der Waals surface area contributed by atoms with Crippen molar-refractivity contribution in [1.29, 1.82) is 0 Å². The maximum Gasteiger partial charge on any atom is 0.163 e. The summed E-state index contributed by atoms with van der Waals surface area (Å²) in [5.41, 5.74) is 0.882. The predicted molar refractivity (Wildman–Crippen MR) is 57.3 cm³/mol. The molecule has 1 rings (SSSR count). The molecule has 0 amide bonds. The minimum absolute atomic E-state index is 0.294. The highest BCUT2D eigenvalue weighted by molar-refractivity contribution is 7.08. The third-order valence-electron chi connectivity index (χ3n) is 2.16. The molecule has 0 saturated heterocycles. The molecule has 1 heterocycles. The second kappa shape index (κ2) is 5.18. The summed E-state index contributed by atoms with van der Waals surface area (Å²) in [6.07, 6.45) is 3.01. The first-order valence-electron chi connectivity index (χ1n) is 4.79. The number of hydrogen-bond donors (Lipinski definition) is 0. The molecule has 13 heavy (non-hydrogen) atoms. The molecule has 1 unspecified atom stereocenters. The van der Waals surface area contributed by atoms with Crippen molar-refractivity contribution in [3.05, 3.63) is 22.4 Å². The van der Waals surface area contributed by atoms with E-state index in [0.717, 1.165) is 18.4 Å². The summed E-state index contributed by atoms with van der Waals surface area (Å²) in [7, 11) is 0. The van der Waals surface area contributed by atoms with Crippen LogP contribution < -0.4 is 0 Å². The lowest BCUT2D eigenvalue weighted by molar-refractivity contribution is 0.0963. The Morgan fingerprint density at radius 3 is 2.92 bits per heavy atom. The molecule has 0 aromatic carbocycles. The summed E-state index contributed by atoms with van der Waals surface area (Å²) in [5, 5.41) is 3.89. The molecule has 0 bridgehead atoms. The summed E-state index contributed by atoms with van der Waals surface area (Å²) >= 11 is 1.59. The largest absolute Gasteiger partial charge is 0.294 e. The van der Waals surface area contributed by atoms with Crippen LogP contribution in [-0.2, 0) is 0 Å². The van der Waals surface area contributed by atoms with E-state index in [9.17, 15) is 4.79 Å². The second-order valence-corrected chi connectivity index (χ2v) is 4.31. The van der Waals surface area contributed by atoms with Crippen molar-refractivity contribution in [1.82, 2.24) is 0 Å². The summed E-state index contributed by atoms with van der Waals surface area (Å²) in [6.45, 7) is 4.30. The summed E-state index contributed by atoms with van der Waals surface area (Å²) in [4.78, 5) is 11.6. The van der Waals surface area contributed by atoms with E-state index in [-0.39, 0.29) is 0 Å². The second-order valence-electron chi connectivity index (χ2n) is 3.53. The predicted octanol–water partition coefficient (Wildman–Crippen LogP) is 3.76. The number of thiophene rings is 1. The molecule has 0 aliphatic heterocycles. The van der Waals surface area contributed by atoms with Crippen LogP contribution in [-0.4, -0.2) is 5.78 Å². The van der Waals surface area contributed by atoms with Crippen molar-refractivity contribution >= 4 is 17.1 Å². The van der Waals surface area contributed by atoms with Crippen LogP contribution in [0.2, 0.25) is 0 Å². The zero-order chi connectivity index (χ0) is 9.68. The van der Waals surface area contributed by atoms with Crippen LogP contribution in [0.15, 0.2) is 16.8 Å². The lowest BCUT2D eigenvalue weighted by atomic mass is 9.97. The zero-order valence-corrected chi connectivity index (χ0v) is 9.06. The monoisotopic (exact) mass is 196 g/mol. The molecule has 1 aromatic heterocycles. The Morgan fingerprint density at radius 2 is 2.38 bits per heavy atom. The topological polar surface area (TPSA) is 17.1 Å². The van der Waals surface area contributed by atoms with Crippen LogP contribution in [0, 0.1) is 5.92 Å². The minimum atomic E-state index is 0.294. The molecule has 1 atom stereocenters. The Bertz CT molecular complexity index is 251.